The van der Waals surface area contributed by atoms with Gasteiger partial charge in [0.05, 0.1) is 28.7 Å². The molecule has 7 nitrogen and oxygen atoms in total. The average Bonchev–Trinajstić information content (AvgIpc) is 3.15. The van der Waals surface area contributed by atoms with Crippen LogP contribution in [0.3, 0.4) is 0 Å². The minimum atomic E-state index is -3.40. The van der Waals surface area contributed by atoms with E-state index in [1.165, 1.54) is 23.1 Å². The number of para-hydroxylation sites is 1. The average molecular weight is 345 g/mol. The van der Waals surface area contributed by atoms with Gasteiger partial charge in [0.15, 0.2) is 15.6 Å². The Morgan fingerprint density at radius 3 is 2.62 bits per heavy atom. The largest absolute Gasteiger partial charge is 0.456 e. The van der Waals surface area contributed by atoms with Crippen molar-refractivity contribution in [3.05, 3.63) is 60.3 Å². The molecule has 1 amide bonds. The van der Waals surface area contributed by atoms with E-state index in [2.05, 4.69) is 10.4 Å². The molecule has 124 valence electrons. The molecule has 3 aromatic rings. The Balaban J connectivity index is 1.88. The molecule has 0 saturated heterocycles. The number of aromatic nitrogens is 2. The lowest BCUT2D eigenvalue weighted by molar-refractivity contribution is 0.0995. The molecule has 1 aromatic carbocycles. The van der Waals surface area contributed by atoms with E-state index in [0.717, 1.165) is 6.26 Å². The molecule has 0 saturated carbocycles. The fraction of sp³-hybridized carbons (Fsp3) is 0.125. The molecule has 0 spiro atoms. The number of hydrogen-bond donors (Lipinski definition) is 1. The third-order valence-electron chi connectivity index (χ3n) is 3.32. The van der Waals surface area contributed by atoms with E-state index in [9.17, 15) is 13.2 Å². The van der Waals surface area contributed by atoms with Gasteiger partial charge in [0.1, 0.15) is 5.76 Å². The van der Waals surface area contributed by atoms with E-state index < -0.39 is 15.7 Å². The predicted octanol–water partition coefficient (Wildman–Crippen LogP) is 2.43. The number of benzene rings is 1. The fourth-order valence-corrected chi connectivity index (χ4v) is 3.10. The Morgan fingerprint density at radius 2 is 1.96 bits per heavy atom. The van der Waals surface area contributed by atoms with Gasteiger partial charge in [0.25, 0.3) is 5.91 Å². The van der Waals surface area contributed by atoms with Gasteiger partial charge in [-0.3, -0.25) is 4.79 Å². The lowest BCUT2D eigenvalue weighted by Crippen LogP contribution is -2.10. The quantitative estimate of drug-likeness (QED) is 0.784. The Hall–Kier alpha value is -2.87. The SMILES string of the molecule is Cc1ccc(C(=O)Nc2cnn(-c3ccccc3S(C)(=O)=O)c2)o1. The maximum atomic E-state index is 12.1. The summed E-state index contributed by atoms with van der Waals surface area (Å²) in [7, 11) is -3.40. The zero-order valence-electron chi connectivity index (χ0n) is 13.1. The number of rotatable bonds is 4. The highest BCUT2D eigenvalue weighted by molar-refractivity contribution is 7.90. The van der Waals surface area contributed by atoms with Gasteiger partial charge in [-0.2, -0.15) is 5.10 Å². The van der Waals surface area contributed by atoms with Crippen LogP contribution in [0.15, 0.2) is 58.1 Å². The Morgan fingerprint density at radius 1 is 1.21 bits per heavy atom. The maximum Gasteiger partial charge on any atom is 0.291 e. The third-order valence-corrected chi connectivity index (χ3v) is 4.46. The van der Waals surface area contributed by atoms with Crippen LogP contribution in [-0.4, -0.2) is 30.4 Å². The summed E-state index contributed by atoms with van der Waals surface area (Å²) >= 11 is 0. The minimum Gasteiger partial charge on any atom is -0.456 e. The molecule has 0 fully saturated rings. The highest BCUT2D eigenvalue weighted by Crippen LogP contribution is 2.21. The van der Waals surface area contributed by atoms with Gasteiger partial charge in [-0.05, 0) is 31.2 Å². The van der Waals surface area contributed by atoms with Crippen LogP contribution in [0.5, 0.6) is 0 Å². The lowest BCUT2D eigenvalue weighted by Gasteiger charge is -2.07. The van der Waals surface area contributed by atoms with Crippen molar-refractivity contribution in [2.45, 2.75) is 11.8 Å². The van der Waals surface area contributed by atoms with Gasteiger partial charge in [-0.15, -0.1) is 0 Å². The molecule has 8 heteroatoms. The monoisotopic (exact) mass is 345 g/mol. The fourth-order valence-electron chi connectivity index (χ4n) is 2.23. The summed E-state index contributed by atoms with van der Waals surface area (Å²) in [6.45, 7) is 1.75. The van der Waals surface area contributed by atoms with Gasteiger partial charge in [0.2, 0.25) is 0 Å². The number of aryl methyl sites for hydroxylation is 1. The van der Waals surface area contributed by atoms with E-state index in [1.807, 2.05) is 0 Å². The number of carbonyl (C=O) groups is 1. The van der Waals surface area contributed by atoms with Crippen LogP contribution in [0.2, 0.25) is 0 Å². The summed E-state index contributed by atoms with van der Waals surface area (Å²) in [4.78, 5) is 12.2. The van der Waals surface area contributed by atoms with E-state index in [1.54, 1.807) is 37.3 Å². The van der Waals surface area contributed by atoms with E-state index in [0.29, 0.717) is 17.1 Å². The standard InChI is InChI=1S/C16H15N3O4S/c1-11-7-8-14(23-11)16(20)18-12-9-17-19(10-12)13-5-3-4-6-15(13)24(2,21)22/h3-10H,1-2H3,(H,18,20). The molecule has 0 aliphatic carbocycles. The summed E-state index contributed by atoms with van der Waals surface area (Å²) in [5, 5.41) is 6.77. The van der Waals surface area contributed by atoms with Crippen LogP contribution in [0.1, 0.15) is 16.3 Å². The maximum absolute atomic E-state index is 12.1. The Bertz CT molecular complexity index is 1000. The number of furan rings is 1. The summed E-state index contributed by atoms with van der Waals surface area (Å²) < 4.78 is 30.4. The minimum absolute atomic E-state index is 0.160. The van der Waals surface area contributed by atoms with Gasteiger partial charge >= 0.3 is 0 Å². The van der Waals surface area contributed by atoms with Gasteiger partial charge in [-0.25, -0.2) is 13.1 Å². The normalized spacial score (nSPS) is 11.4. The van der Waals surface area contributed by atoms with Crippen molar-refractivity contribution in [3.63, 3.8) is 0 Å². The molecule has 0 aliphatic rings. The second kappa shape index (κ2) is 5.97. The summed E-state index contributed by atoms with van der Waals surface area (Å²) in [6.07, 6.45) is 4.11. The zero-order chi connectivity index (χ0) is 17.3. The molecule has 0 radical (unpaired) electrons. The van der Waals surface area contributed by atoms with Crippen molar-refractivity contribution in [2.24, 2.45) is 0 Å². The van der Waals surface area contributed by atoms with Crippen molar-refractivity contribution in [3.8, 4) is 5.69 Å². The molecule has 0 aliphatic heterocycles. The summed E-state index contributed by atoms with van der Waals surface area (Å²) in [6, 6.07) is 9.79. The first-order chi connectivity index (χ1) is 11.3. The van der Waals surface area contributed by atoms with Crippen LogP contribution in [0.25, 0.3) is 5.69 Å². The molecule has 0 atom stereocenters. The van der Waals surface area contributed by atoms with Crippen molar-refractivity contribution in [2.75, 3.05) is 11.6 Å². The molecule has 2 heterocycles. The molecule has 1 N–H and O–H groups in total. The van der Waals surface area contributed by atoms with Crippen molar-refractivity contribution >= 4 is 21.4 Å². The first-order valence-electron chi connectivity index (χ1n) is 7.06. The highest BCUT2D eigenvalue weighted by atomic mass is 32.2. The summed E-state index contributed by atoms with van der Waals surface area (Å²) in [5.74, 6) is 0.425. The van der Waals surface area contributed by atoms with Gasteiger partial charge in [0, 0.05) is 6.26 Å². The number of anilines is 1. The number of nitrogens with one attached hydrogen (secondary N) is 1. The van der Waals surface area contributed by atoms with E-state index in [4.69, 9.17) is 4.42 Å². The smallest absolute Gasteiger partial charge is 0.291 e. The lowest BCUT2D eigenvalue weighted by atomic mass is 10.3. The topological polar surface area (TPSA) is 94.2 Å². The molecular formula is C16H15N3O4S. The van der Waals surface area contributed by atoms with Crippen molar-refractivity contribution in [1.82, 2.24) is 9.78 Å². The Kier molecular flexibility index (Phi) is 3.98. The van der Waals surface area contributed by atoms with Gasteiger partial charge in [-0.1, -0.05) is 12.1 Å². The van der Waals surface area contributed by atoms with E-state index in [-0.39, 0.29) is 10.7 Å². The van der Waals surface area contributed by atoms with Crippen LogP contribution < -0.4 is 5.32 Å². The predicted molar refractivity (Wildman–Crippen MR) is 88.1 cm³/mol. The molecular weight excluding hydrogens is 330 g/mol. The molecule has 0 unspecified atom stereocenters. The first-order valence-corrected chi connectivity index (χ1v) is 8.95. The molecule has 3 rings (SSSR count). The zero-order valence-corrected chi connectivity index (χ0v) is 13.9. The van der Waals surface area contributed by atoms with Crippen LogP contribution in [0.4, 0.5) is 5.69 Å². The van der Waals surface area contributed by atoms with Crippen LogP contribution >= 0.6 is 0 Å². The molecule has 2 aromatic heterocycles. The number of hydrogen-bond acceptors (Lipinski definition) is 5. The highest BCUT2D eigenvalue weighted by Gasteiger charge is 2.16. The second-order valence-corrected chi connectivity index (χ2v) is 7.26. The van der Waals surface area contributed by atoms with Crippen molar-refractivity contribution < 1.29 is 17.6 Å². The molecule has 24 heavy (non-hydrogen) atoms. The van der Waals surface area contributed by atoms with Crippen LogP contribution in [-0.2, 0) is 9.84 Å². The van der Waals surface area contributed by atoms with Crippen molar-refractivity contribution in [1.29, 1.82) is 0 Å². The van der Waals surface area contributed by atoms with E-state index >= 15 is 0 Å². The second-order valence-electron chi connectivity index (χ2n) is 5.28. The summed E-state index contributed by atoms with van der Waals surface area (Å²) in [5.41, 5.74) is 0.840. The van der Waals surface area contributed by atoms with Crippen LogP contribution in [0, 0.1) is 6.92 Å². The first kappa shape index (κ1) is 16.0. The van der Waals surface area contributed by atoms with Gasteiger partial charge < -0.3 is 9.73 Å². The number of nitrogens with zero attached hydrogens (tertiary/aromatic N) is 2. The number of amides is 1. The Labute approximate surface area is 138 Å². The number of carbonyl (C=O) groups excluding carboxylic acids is 1. The third kappa shape index (κ3) is 3.23. The number of sulfone groups is 1. The molecule has 0 bridgehead atoms.